The number of likely N-dealkylation sites (N-methyl/N-ethyl adjacent to an activating group) is 1. The first-order chi connectivity index (χ1) is 7.67. The van der Waals surface area contributed by atoms with Gasteiger partial charge in [0.15, 0.2) is 6.29 Å². The highest BCUT2D eigenvalue weighted by atomic mass is 19.1. The number of aldehydes is 1. The molecule has 1 aromatic rings. The van der Waals surface area contributed by atoms with Gasteiger partial charge < -0.3 is 4.90 Å². The molecule has 0 bridgehead atoms. The van der Waals surface area contributed by atoms with Crippen molar-refractivity contribution >= 4 is 23.5 Å². The molecule has 0 spiro atoms. The first-order valence-electron chi connectivity index (χ1n) is 4.63. The number of halogens is 1. The number of rotatable bonds is 1. The average Bonchev–Trinajstić information content (AvgIpc) is 2.29. The van der Waals surface area contributed by atoms with Gasteiger partial charge in [-0.2, -0.15) is 0 Å². The van der Waals surface area contributed by atoms with Gasteiger partial charge in [0.1, 0.15) is 11.8 Å². The topological polar surface area (TPSA) is 37.4 Å². The van der Waals surface area contributed by atoms with E-state index in [1.165, 1.54) is 24.3 Å². The minimum atomic E-state index is -0.428. The molecule has 0 fully saturated rings. The van der Waals surface area contributed by atoms with Crippen molar-refractivity contribution in [2.24, 2.45) is 0 Å². The van der Waals surface area contributed by atoms with Crippen LogP contribution in [0.4, 0.5) is 10.1 Å². The van der Waals surface area contributed by atoms with Crippen LogP contribution >= 0.6 is 0 Å². The molecule has 1 aliphatic rings. The molecular formula is C12H8FNO2. The maximum Gasteiger partial charge on any atom is 0.166 e. The average molecular weight is 217 g/mol. The summed E-state index contributed by atoms with van der Waals surface area (Å²) in [5.41, 5.74) is 1.60. The van der Waals surface area contributed by atoms with Gasteiger partial charge in [0.25, 0.3) is 0 Å². The second kappa shape index (κ2) is 3.76. The molecule has 1 aromatic carbocycles. The number of benzene rings is 1. The van der Waals surface area contributed by atoms with Crippen LogP contribution in [-0.2, 0) is 9.59 Å². The van der Waals surface area contributed by atoms with E-state index in [1.54, 1.807) is 17.9 Å². The van der Waals surface area contributed by atoms with E-state index >= 15 is 0 Å². The summed E-state index contributed by atoms with van der Waals surface area (Å²) >= 11 is 0. The zero-order valence-corrected chi connectivity index (χ0v) is 8.53. The second-order valence-electron chi connectivity index (χ2n) is 3.42. The SMILES string of the molecule is CN1C(C=O)=CC(=C=O)c2cc(F)ccc21. The molecule has 2 rings (SSSR count). The van der Waals surface area contributed by atoms with E-state index in [-0.39, 0.29) is 5.57 Å². The van der Waals surface area contributed by atoms with Crippen molar-refractivity contribution in [1.29, 1.82) is 0 Å². The maximum absolute atomic E-state index is 13.1. The van der Waals surface area contributed by atoms with Gasteiger partial charge in [-0.25, -0.2) is 9.18 Å². The molecule has 1 heterocycles. The zero-order valence-electron chi connectivity index (χ0n) is 8.53. The number of carbonyl (C=O) groups is 1. The molecule has 80 valence electrons. The molecule has 0 amide bonds. The molecule has 0 saturated heterocycles. The van der Waals surface area contributed by atoms with Gasteiger partial charge in [-0.1, -0.05) is 0 Å². The van der Waals surface area contributed by atoms with Crippen LogP contribution in [0.25, 0.3) is 5.57 Å². The number of fused-ring (bicyclic) bond motifs is 1. The van der Waals surface area contributed by atoms with Gasteiger partial charge in [-0.3, -0.25) is 4.79 Å². The highest BCUT2D eigenvalue weighted by Gasteiger charge is 2.20. The minimum absolute atomic E-state index is 0.190. The van der Waals surface area contributed by atoms with Crippen LogP contribution in [0, 0.1) is 5.82 Å². The Bertz CT molecular complexity index is 542. The molecule has 0 saturated carbocycles. The third-order valence-electron chi connectivity index (χ3n) is 2.52. The second-order valence-corrected chi connectivity index (χ2v) is 3.42. The Hall–Kier alpha value is -2.19. The Morgan fingerprint density at radius 3 is 2.81 bits per heavy atom. The van der Waals surface area contributed by atoms with Crippen LogP contribution in [0.15, 0.2) is 30.0 Å². The van der Waals surface area contributed by atoms with Crippen molar-refractivity contribution in [2.75, 3.05) is 11.9 Å². The van der Waals surface area contributed by atoms with Crippen LogP contribution in [-0.4, -0.2) is 19.3 Å². The number of hydrogen-bond donors (Lipinski definition) is 0. The van der Waals surface area contributed by atoms with E-state index in [9.17, 15) is 14.0 Å². The molecule has 4 heteroatoms. The van der Waals surface area contributed by atoms with Crippen molar-refractivity contribution in [3.05, 3.63) is 41.4 Å². The molecule has 0 N–H and O–H groups in total. The highest BCUT2D eigenvalue weighted by molar-refractivity contribution is 6.03. The van der Waals surface area contributed by atoms with Crippen LogP contribution in [0.1, 0.15) is 5.56 Å². The lowest BCUT2D eigenvalue weighted by molar-refractivity contribution is -0.104. The summed E-state index contributed by atoms with van der Waals surface area (Å²) < 4.78 is 13.1. The summed E-state index contributed by atoms with van der Waals surface area (Å²) in [6, 6.07) is 4.06. The summed E-state index contributed by atoms with van der Waals surface area (Å²) in [6.45, 7) is 0. The van der Waals surface area contributed by atoms with Crippen LogP contribution in [0.5, 0.6) is 0 Å². The van der Waals surface area contributed by atoms with E-state index in [4.69, 9.17) is 0 Å². The van der Waals surface area contributed by atoms with Gasteiger partial charge in [0, 0.05) is 18.3 Å². The van der Waals surface area contributed by atoms with Crippen molar-refractivity contribution in [3.63, 3.8) is 0 Å². The molecule has 0 unspecified atom stereocenters. The fourth-order valence-electron chi connectivity index (χ4n) is 1.68. The van der Waals surface area contributed by atoms with Crippen molar-refractivity contribution in [3.8, 4) is 0 Å². The van der Waals surface area contributed by atoms with Gasteiger partial charge in [-0.05, 0) is 24.3 Å². The normalized spacial score (nSPS) is 14.0. The molecule has 16 heavy (non-hydrogen) atoms. The molecular weight excluding hydrogens is 209 g/mol. The standard InChI is InChI=1S/C12H8FNO2/c1-14-10(7-16)4-8(6-15)11-5-9(13)2-3-12(11)14/h2-5,7H,1H3. The van der Waals surface area contributed by atoms with E-state index < -0.39 is 5.82 Å². The van der Waals surface area contributed by atoms with Crippen LogP contribution in [0.3, 0.4) is 0 Å². The van der Waals surface area contributed by atoms with E-state index in [2.05, 4.69) is 0 Å². The van der Waals surface area contributed by atoms with Crippen molar-refractivity contribution in [2.45, 2.75) is 0 Å². The van der Waals surface area contributed by atoms with Crippen LogP contribution in [0.2, 0.25) is 0 Å². The number of anilines is 1. The number of hydrogen-bond acceptors (Lipinski definition) is 3. The predicted octanol–water partition coefficient (Wildman–Crippen LogP) is 1.57. The van der Waals surface area contributed by atoms with Crippen molar-refractivity contribution < 1.29 is 14.0 Å². The smallest absolute Gasteiger partial charge is 0.166 e. The Morgan fingerprint density at radius 1 is 1.44 bits per heavy atom. The zero-order chi connectivity index (χ0) is 11.7. The Labute approximate surface area is 91.5 Å². The lowest BCUT2D eigenvalue weighted by Gasteiger charge is -2.26. The van der Waals surface area contributed by atoms with E-state index in [1.807, 2.05) is 0 Å². The molecule has 0 aliphatic carbocycles. The van der Waals surface area contributed by atoms with Gasteiger partial charge in [-0.15, -0.1) is 0 Å². The fraction of sp³-hybridized carbons (Fsp3) is 0.0833. The number of nitrogens with zero attached hydrogens (tertiary/aromatic N) is 1. The van der Waals surface area contributed by atoms with Crippen LogP contribution < -0.4 is 4.90 Å². The van der Waals surface area contributed by atoms with Crippen molar-refractivity contribution in [1.82, 2.24) is 0 Å². The monoisotopic (exact) mass is 217 g/mol. The van der Waals surface area contributed by atoms with Gasteiger partial charge >= 0.3 is 0 Å². The van der Waals surface area contributed by atoms with E-state index in [0.717, 1.165) is 0 Å². The summed E-state index contributed by atoms with van der Waals surface area (Å²) in [4.78, 5) is 23.1. The first kappa shape index (κ1) is 10.3. The summed E-state index contributed by atoms with van der Waals surface area (Å²) in [5.74, 6) is 1.28. The molecule has 3 nitrogen and oxygen atoms in total. The lowest BCUT2D eigenvalue weighted by atomic mass is 9.99. The molecule has 1 aliphatic heterocycles. The number of carbonyl (C=O) groups excluding carboxylic acids is 2. The van der Waals surface area contributed by atoms with E-state index in [0.29, 0.717) is 23.2 Å². The first-order valence-corrected chi connectivity index (χ1v) is 4.63. The lowest BCUT2D eigenvalue weighted by Crippen LogP contribution is -2.22. The summed E-state index contributed by atoms with van der Waals surface area (Å²) in [5, 5.41) is 0. The minimum Gasteiger partial charge on any atom is -0.341 e. The Kier molecular flexibility index (Phi) is 2.43. The van der Waals surface area contributed by atoms with Gasteiger partial charge in [0.05, 0.1) is 11.3 Å². The highest BCUT2D eigenvalue weighted by Crippen LogP contribution is 2.33. The number of allylic oxidation sites excluding steroid dienone is 3. The quantitative estimate of drug-likeness (QED) is 0.529. The largest absolute Gasteiger partial charge is 0.341 e. The molecule has 0 aromatic heterocycles. The molecule has 0 atom stereocenters. The predicted molar refractivity (Wildman–Crippen MR) is 58.1 cm³/mol. The third kappa shape index (κ3) is 1.45. The summed E-state index contributed by atoms with van der Waals surface area (Å²) in [6.07, 6.45) is 2.03. The molecule has 0 radical (unpaired) electrons. The summed E-state index contributed by atoms with van der Waals surface area (Å²) in [7, 11) is 1.68. The Balaban J connectivity index is 2.70. The maximum atomic E-state index is 13.1. The Morgan fingerprint density at radius 2 is 2.19 bits per heavy atom. The van der Waals surface area contributed by atoms with Gasteiger partial charge in [0.2, 0.25) is 0 Å². The fourth-order valence-corrected chi connectivity index (χ4v) is 1.68. The third-order valence-corrected chi connectivity index (χ3v) is 2.52.